The zero-order valence-corrected chi connectivity index (χ0v) is 11.4. The van der Waals surface area contributed by atoms with Gasteiger partial charge in [-0.15, -0.1) is 0 Å². The summed E-state index contributed by atoms with van der Waals surface area (Å²) in [6, 6.07) is 12.6. The molecule has 0 aliphatic rings. The van der Waals surface area contributed by atoms with Gasteiger partial charge >= 0.3 is 0 Å². The molecule has 2 aromatic rings. The van der Waals surface area contributed by atoms with Crippen LogP contribution in [0.2, 0.25) is 0 Å². The predicted octanol–water partition coefficient (Wildman–Crippen LogP) is 3.48. The van der Waals surface area contributed by atoms with Crippen LogP contribution in [0, 0.1) is 11.6 Å². The van der Waals surface area contributed by atoms with Crippen LogP contribution in [0.4, 0.5) is 8.78 Å². The number of nitrogens with zero attached hydrogens (tertiary/aromatic N) is 1. The van der Waals surface area contributed by atoms with Crippen molar-refractivity contribution in [2.75, 3.05) is 20.2 Å². The largest absolute Gasteiger partial charge is 0.492 e. The lowest BCUT2D eigenvalue weighted by Gasteiger charge is -2.17. The molecule has 20 heavy (non-hydrogen) atoms. The molecule has 0 aliphatic carbocycles. The molecule has 0 atom stereocenters. The SMILES string of the molecule is CN(CCOc1ccc(F)cc1)Cc1ccccc1F. The van der Waals surface area contributed by atoms with E-state index >= 15 is 0 Å². The summed E-state index contributed by atoms with van der Waals surface area (Å²) in [5, 5.41) is 0. The van der Waals surface area contributed by atoms with E-state index < -0.39 is 0 Å². The molecule has 0 radical (unpaired) electrons. The van der Waals surface area contributed by atoms with Crippen molar-refractivity contribution in [1.82, 2.24) is 4.90 Å². The van der Waals surface area contributed by atoms with E-state index in [1.54, 1.807) is 24.3 Å². The number of halogens is 2. The lowest BCUT2D eigenvalue weighted by atomic mass is 10.2. The van der Waals surface area contributed by atoms with Gasteiger partial charge in [-0.25, -0.2) is 8.78 Å². The Balaban J connectivity index is 1.76. The number of rotatable bonds is 6. The molecule has 0 aromatic heterocycles. The van der Waals surface area contributed by atoms with E-state index in [0.717, 1.165) is 0 Å². The van der Waals surface area contributed by atoms with Gasteiger partial charge in [-0.1, -0.05) is 18.2 Å². The molecule has 0 unspecified atom stereocenters. The zero-order valence-electron chi connectivity index (χ0n) is 11.4. The molecule has 2 rings (SSSR count). The van der Waals surface area contributed by atoms with Crippen LogP contribution in [0.3, 0.4) is 0 Å². The van der Waals surface area contributed by atoms with Gasteiger partial charge in [0.1, 0.15) is 24.0 Å². The van der Waals surface area contributed by atoms with Crippen molar-refractivity contribution >= 4 is 0 Å². The number of hydrogen-bond acceptors (Lipinski definition) is 2. The normalized spacial score (nSPS) is 10.8. The van der Waals surface area contributed by atoms with Gasteiger partial charge < -0.3 is 4.74 Å². The van der Waals surface area contributed by atoms with Gasteiger partial charge in [0.2, 0.25) is 0 Å². The molecule has 4 heteroatoms. The Kier molecular flexibility index (Phi) is 5.07. The van der Waals surface area contributed by atoms with Crippen LogP contribution >= 0.6 is 0 Å². The fraction of sp³-hybridized carbons (Fsp3) is 0.250. The monoisotopic (exact) mass is 277 g/mol. The number of ether oxygens (including phenoxy) is 1. The first-order chi connectivity index (χ1) is 9.65. The van der Waals surface area contributed by atoms with E-state index in [4.69, 9.17) is 4.74 Å². The van der Waals surface area contributed by atoms with Gasteiger partial charge in [0.25, 0.3) is 0 Å². The quantitative estimate of drug-likeness (QED) is 0.801. The van der Waals surface area contributed by atoms with Gasteiger partial charge in [-0.05, 0) is 37.4 Å². The molecule has 2 nitrogen and oxygen atoms in total. The van der Waals surface area contributed by atoms with Crippen molar-refractivity contribution in [3.8, 4) is 5.75 Å². The minimum atomic E-state index is -0.283. The lowest BCUT2D eigenvalue weighted by Crippen LogP contribution is -2.24. The van der Waals surface area contributed by atoms with Gasteiger partial charge in [0.15, 0.2) is 0 Å². The van der Waals surface area contributed by atoms with E-state index in [1.165, 1.54) is 18.2 Å². The van der Waals surface area contributed by atoms with Gasteiger partial charge in [-0.3, -0.25) is 4.90 Å². The van der Waals surface area contributed by atoms with Crippen LogP contribution in [0.25, 0.3) is 0 Å². The highest BCUT2D eigenvalue weighted by Crippen LogP contribution is 2.11. The first-order valence-corrected chi connectivity index (χ1v) is 6.45. The molecule has 0 amide bonds. The summed E-state index contributed by atoms with van der Waals surface area (Å²) in [7, 11) is 1.90. The molecule has 0 fully saturated rings. The molecule has 0 spiro atoms. The highest BCUT2D eigenvalue weighted by atomic mass is 19.1. The maximum Gasteiger partial charge on any atom is 0.127 e. The van der Waals surface area contributed by atoms with Crippen LogP contribution in [0.1, 0.15) is 5.56 Å². The smallest absolute Gasteiger partial charge is 0.127 e. The Hall–Kier alpha value is -1.94. The summed E-state index contributed by atoms with van der Waals surface area (Å²) in [6.07, 6.45) is 0. The Morgan fingerprint density at radius 1 is 1.00 bits per heavy atom. The third-order valence-corrected chi connectivity index (χ3v) is 2.95. The number of hydrogen-bond donors (Lipinski definition) is 0. The molecule has 0 N–H and O–H groups in total. The summed E-state index contributed by atoms with van der Waals surface area (Å²) < 4.78 is 31.7. The summed E-state index contributed by atoms with van der Waals surface area (Å²) in [6.45, 7) is 1.65. The molecule has 0 saturated carbocycles. The Morgan fingerprint density at radius 2 is 1.70 bits per heavy atom. The van der Waals surface area contributed by atoms with E-state index in [1.807, 2.05) is 18.0 Å². The molecule has 106 valence electrons. The third kappa shape index (κ3) is 4.31. The molecule has 0 bridgehead atoms. The summed E-state index contributed by atoms with van der Waals surface area (Å²) in [5.74, 6) is 0.151. The number of benzene rings is 2. The summed E-state index contributed by atoms with van der Waals surface area (Å²) in [5.41, 5.74) is 0.664. The van der Waals surface area contributed by atoms with Gasteiger partial charge in [0, 0.05) is 18.7 Å². The Bertz CT molecular complexity index is 542. The first-order valence-electron chi connectivity index (χ1n) is 6.45. The number of likely N-dealkylation sites (N-methyl/N-ethyl adjacent to an activating group) is 1. The van der Waals surface area contributed by atoms with Crippen molar-refractivity contribution in [3.05, 3.63) is 65.7 Å². The van der Waals surface area contributed by atoms with Crippen molar-refractivity contribution in [2.24, 2.45) is 0 Å². The minimum absolute atomic E-state index is 0.196. The predicted molar refractivity (Wildman–Crippen MR) is 74.6 cm³/mol. The van der Waals surface area contributed by atoms with E-state index in [9.17, 15) is 8.78 Å². The van der Waals surface area contributed by atoms with Crippen LogP contribution in [-0.2, 0) is 6.54 Å². The fourth-order valence-electron chi connectivity index (χ4n) is 1.85. The highest BCUT2D eigenvalue weighted by Gasteiger charge is 2.05. The maximum atomic E-state index is 13.5. The summed E-state index contributed by atoms with van der Waals surface area (Å²) in [4.78, 5) is 1.97. The zero-order chi connectivity index (χ0) is 14.4. The minimum Gasteiger partial charge on any atom is -0.492 e. The van der Waals surface area contributed by atoms with Crippen molar-refractivity contribution in [2.45, 2.75) is 6.54 Å². The maximum absolute atomic E-state index is 13.5. The van der Waals surface area contributed by atoms with E-state index in [2.05, 4.69) is 0 Å². The average molecular weight is 277 g/mol. The van der Waals surface area contributed by atoms with Gasteiger partial charge in [0.05, 0.1) is 0 Å². The third-order valence-electron chi connectivity index (χ3n) is 2.95. The van der Waals surface area contributed by atoms with E-state index in [0.29, 0.717) is 31.0 Å². The van der Waals surface area contributed by atoms with Crippen molar-refractivity contribution < 1.29 is 13.5 Å². The standard InChI is InChI=1S/C16H17F2NO/c1-19(12-13-4-2-3-5-16(13)18)10-11-20-15-8-6-14(17)7-9-15/h2-9H,10-12H2,1H3. The molecule has 0 aliphatic heterocycles. The second-order valence-electron chi connectivity index (χ2n) is 4.63. The Labute approximate surface area is 117 Å². The molecular formula is C16H17F2NO. The topological polar surface area (TPSA) is 12.5 Å². The molecule has 0 saturated heterocycles. The molecule has 0 heterocycles. The van der Waals surface area contributed by atoms with Gasteiger partial charge in [-0.2, -0.15) is 0 Å². The molecular weight excluding hydrogens is 260 g/mol. The van der Waals surface area contributed by atoms with Crippen LogP contribution < -0.4 is 4.74 Å². The van der Waals surface area contributed by atoms with Crippen molar-refractivity contribution in [3.63, 3.8) is 0 Å². The van der Waals surface area contributed by atoms with Crippen LogP contribution in [-0.4, -0.2) is 25.1 Å². The highest BCUT2D eigenvalue weighted by molar-refractivity contribution is 5.22. The average Bonchev–Trinajstić information content (AvgIpc) is 2.44. The van der Waals surface area contributed by atoms with E-state index in [-0.39, 0.29) is 11.6 Å². The second kappa shape index (κ2) is 7.01. The Morgan fingerprint density at radius 3 is 2.40 bits per heavy atom. The fourth-order valence-corrected chi connectivity index (χ4v) is 1.85. The molecule has 2 aromatic carbocycles. The first kappa shape index (κ1) is 14.5. The van der Waals surface area contributed by atoms with Crippen LogP contribution in [0.5, 0.6) is 5.75 Å². The van der Waals surface area contributed by atoms with Crippen LogP contribution in [0.15, 0.2) is 48.5 Å². The van der Waals surface area contributed by atoms with Crippen molar-refractivity contribution in [1.29, 1.82) is 0 Å². The summed E-state index contributed by atoms with van der Waals surface area (Å²) >= 11 is 0. The second-order valence-corrected chi connectivity index (χ2v) is 4.63. The lowest BCUT2D eigenvalue weighted by molar-refractivity contribution is 0.231.